The predicted octanol–water partition coefficient (Wildman–Crippen LogP) is 2.41. The molecule has 0 aromatic carbocycles. The van der Waals surface area contributed by atoms with Crippen molar-refractivity contribution in [2.24, 2.45) is 7.05 Å². The van der Waals surface area contributed by atoms with Crippen molar-refractivity contribution < 1.29 is 25.8 Å². The summed E-state index contributed by atoms with van der Waals surface area (Å²) in [5.74, 6) is 0.195. The lowest BCUT2D eigenvalue weighted by Crippen LogP contribution is -2.29. The third-order valence-corrected chi connectivity index (χ3v) is 7.29. The van der Waals surface area contributed by atoms with Gasteiger partial charge >= 0.3 is 5.51 Å². The number of imidazole rings is 1. The van der Waals surface area contributed by atoms with Gasteiger partial charge < -0.3 is 9.47 Å². The maximum Gasteiger partial charge on any atom is 0.475 e. The quantitative estimate of drug-likeness (QED) is 0.735. The first kappa shape index (κ1) is 20.5. The summed E-state index contributed by atoms with van der Waals surface area (Å²) in [6.45, 7) is 1.53. The van der Waals surface area contributed by atoms with Gasteiger partial charge in [-0.25, -0.2) is 22.6 Å². The molecule has 0 saturated carbocycles. The first-order valence-electron chi connectivity index (χ1n) is 8.11. The molecule has 2 aromatic rings. The largest absolute Gasteiger partial charge is 0.475 e. The molecule has 3 rings (SSSR count). The monoisotopic (exact) mass is 434 g/mol. The standard InChI is InChI=1S/C16H17F3N4O3S2/c1-4-28(25,26)12-6-5-7-22(2)13(12)15-21-11-8-10(27(24)16(17,18)19)9-20-14(11)23(15)3/h5-9,13H,4H2,1-3H3. The lowest BCUT2D eigenvalue weighted by atomic mass is 10.2. The van der Waals surface area contributed by atoms with Crippen molar-refractivity contribution in [2.75, 3.05) is 12.8 Å². The highest BCUT2D eigenvalue weighted by atomic mass is 32.2. The second kappa shape index (κ2) is 6.99. The average Bonchev–Trinajstić information content (AvgIpc) is 2.95. The average molecular weight is 434 g/mol. The van der Waals surface area contributed by atoms with Crippen molar-refractivity contribution in [1.29, 1.82) is 0 Å². The van der Waals surface area contributed by atoms with Crippen molar-refractivity contribution >= 4 is 31.8 Å². The van der Waals surface area contributed by atoms with Crippen molar-refractivity contribution in [3.8, 4) is 0 Å². The van der Waals surface area contributed by atoms with Gasteiger partial charge in [0.15, 0.2) is 26.3 Å². The van der Waals surface area contributed by atoms with Crippen LogP contribution in [0.2, 0.25) is 0 Å². The van der Waals surface area contributed by atoms with Crippen molar-refractivity contribution in [3.05, 3.63) is 41.3 Å². The third-order valence-electron chi connectivity index (χ3n) is 4.38. The van der Waals surface area contributed by atoms with Gasteiger partial charge in [-0.3, -0.25) is 0 Å². The Labute approximate surface area is 161 Å². The molecule has 0 saturated heterocycles. The molecule has 1 aliphatic rings. The Balaban J connectivity index is 2.15. The van der Waals surface area contributed by atoms with Crippen molar-refractivity contribution in [1.82, 2.24) is 19.4 Å². The summed E-state index contributed by atoms with van der Waals surface area (Å²) < 4.78 is 76.4. The Morgan fingerprint density at radius 2 is 1.96 bits per heavy atom. The molecule has 1 aliphatic heterocycles. The first-order chi connectivity index (χ1) is 13.0. The highest BCUT2D eigenvalue weighted by Gasteiger charge is 2.39. The molecule has 0 amide bonds. The molecule has 0 aliphatic carbocycles. The third kappa shape index (κ3) is 3.46. The lowest BCUT2D eigenvalue weighted by molar-refractivity contribution is -0.0384. The van der Waals surface area contributed by atoms with Crippen LogP contribution >= 0.6 is 0 Å². The van der Waals surface area contributed by atoms with Gasteiger partial charge in [-0.05, 0) is 24.4 Å². The zero-order valence-corrected chi connectivity index (χ0v) is 16.8. The number of aryl methyl sites for hydroxylation is 1. The molecular weight excluding hydrogens is 417 g/mol. The van der Waals surface area contributed by atoms with Gasteiger partial charge in [0.25, 0.3) is 0 Å². The van der Waals surface area contributed by atoms with Crippen LogP contribution in [0.3, 0.4) is 0 Å². The van der Waals surface area contributed by atoms with Gasteiger partial charge in [-0.2, -0.15) is 13.2 Å². The number of alkyl halides is 3. The van der Waals surface area contributed by atoms with E-state index in [1.54, 1.807) is 31.3 Å². The van der Waals surface area contributed by atoms with E-state index in [1.165, 1.54) is 17.6 Å². The molecule has 7 nitrogen and oxygen atoms in total. The number of likely N-dealkylation sites (N-methyl/N-ethyl adjacent to an activating group) is 1. The highest BCUT2D eigenvalue weighted by molar-refractivity contribution is 7.95. The fourth-order valence-corrected chi connectivity index (χ4v) is 4.82. The van der Waals surface area contributed by atoms with Crippen LogP contribution in [0.4, 0.5) is 13.2 Å². The molecule has 2 aromatic heterocycles. The van der Waals surface area contributed by atoms with Crippen LogP contribution in [-0.4, -0.2) is 50.4 Å². The number of sulfone groups is 1. The summed E-state index contributed by atoms with van der Waals surface area (Å²) in [5, 5.41) is 0. The van der Waals surface area contributed by atoms with Crippen molar-refractivity contribution in [2.45, 2.75) is 23.4 Å². The number of aromatic nitrogens is 3. The number of allylic oxidation sites excluding steroid dienone is 2. The van der Waals surface area contributed by atoms with Crippen LogP contribution in [0.25, 0.3) is 11.2 Å². The fraction of sp³-hybridized carbons (Fsp3) is 0.375. The SMILES string of the molecule is CCS(=O)(=O)C1=CC=CN(C)C1c1nc2cc(S(=O)C(F)(F)F)cnc2n1C. The van der Waals surface area contributed by atoms with E-state index >= 15 is 0 Å². The fourth-order valence-electron chi connectivity index (χ4n) is 2.96. The molecule has 28 heavy (non-hydrogen) atoms. The van der Waals surface area contributed by atoms with E-state index in [9.17, 15) is 25.8 Å². The predicted molar refractivity (Wildman–Crippen MR) is 98.2 cm³/mol. The minimum Gasteiger partial charge on any atom is -0.366 e. The number of fused-ring (bicyclic) bond motifs is 1. The minimum absolute atomic E-state index is 0.101. The van der Waals surface area contributed by atoms with Crippen LogP contribution in [0.1, 0.15) is 18.8 Å². The summed E-state index contributed by atoms with van der Waals surface area (Å²) >= 11 is 0. The molecule has 152 valence electrons. The lowest BCUT2D eigenvalue weighted by Gasteiger charge is -2.30. The van der Waals surface area contributed by atoms with Gasteiger partial charge in [0.1, 0.15) is 17.4 Å². The van der Waals surface area contributed by atoms with E-state index in [1.807, 2.05) is 0 Å². The van der Waals surface area contributed by atoms with Gasteiger partial charge in [-0.1, -0.05) is 6.92 Å². The minimum atomic E-state index is -4.91. The second-order valence-electron chi connectivity index (χ2n) is 6.14. The molecule has 2 atom stereocenters. The highest BCUT2D eigenvalue weighted by Crippen LogP contribution is 2.35. The maximum absolute atomic E-state index is 12.7. The number of hydrogen-bond donors (Lipinski definition) is 0. The van der Waals surface area contributed by atoms with E-state index in [4.69, 9.17) is 0 Å². The van der Waals surface area contributed by atoms with Gasteiger partial charge in [0, 0.05) is 20.3 Å². The van der Waals surface area contributed by atoms with Crippen molar-refractivity contribution in [3.63, 3.8) is 0 Å². The molecule has 0 N–H and O–H groups in total. The number of hydrogen-bond acceptors (Lipinski definition) is 6. The second-order valence-corrected chi connectivity index (χ2v) is 9.89. The zero-order valence-electron chi connectivity index (χ0n) is 15.1. The number of nitrogens with zero attached hydrogens (tertiary/aromatic N) is 4. The van der Waals surface area contributed by atoms with E-state index in [-0.39, 0.29) is 21.8 Å². The van der Waals surface area contributed by atoms with Crippen LogP contribution in [0.15, 0.2) is 40.4 Å². The topological polar surface area (TPSA) is 85.2 Å². The summed E-state index contributed by atoms with van der Waals surface area (Å²) in [7, 11) is -3.50. The van der Waals surface area contributed by atoms with Gasteiger partial charge in [-0.15, -0.1) is 0 Å². The molecular formula is C16H17F3N4O3S2. The molecule has 12 heteroatoms. The Morgan fingerprint density at radius 3 is 2.57 bits per heavy atom. The number of rotatable bonds is 4. The molecule has 0 spiro atoms. The molecule has 0 fully saturated rings. The van der Waals surface area contributed by atoms with Crippen LogP contribution in [0, 0.1) is 0 Å². The van der Waals surface area contributed by atoms with E-state index < -0.39 is 37.1 Å². The normalized spacial score (nSPS) is 19.1. The van der Waals surface area contributed by atoms with E-state index in [0.717, 1.165) is 12.3 Å². The summed E-state index contributed by atoms with van der Waals surface area (Å²) in [5.41, 5.74) is -4.55. The van der Waals surface area contributed by atoms with E-state index in [0.29, 0.717) is 5.82 Å². The van der Waals surface area contributed by atoms with Gasteiger partial charge in [0.2, 0.25) is 0 Å². The van der Waals surface area contributed by atoms with Crippen LogP contribution in [-0.2, 0) is 27.7 Å². The van der Waals surface area contributed by atoms with E-state index in [2.05, 4.69) is 9.97 Å². The Hall–Kier alpha value is -2.21. The number of pyridine rings is 1. The molecule has 0 radical (unpaired) electrons. The van der Waals surface area contributed by atoms with Gasteiger partial charge in [0.05, 0.1) is 15.6 Å². The Morgan fingerprint density at radius 1 is 1.29 bits per heavy atom. The molecule has 3 heterocycles. The molecule has 2 unspecified atom stereocenters. The summed E-state index contributed by atoms with van der Waals surface area (Å²) in [6, 6.07) is 0.303. The first-order valence-corrected chi connectivity index (χ1v) is 10.9. The zero-order chi connectivity index (χ0) is 20.9. The summed E-state index contributed by atoms with van der Waals surface area (Å²) in [4.78, 5) is 9.57. The Kier molecular flexibility index (Phi) is 5.13. The summed E-state index contributed by atoms with van der Waals surface area (Å²) in [6.07, 6.45) is 5.66. The maximum atomic E-state index is 12.7. The number of halogens is 3. The smallest absolute Gasteiger partial charge is 0.366 e. The Bertz CT molecular complexity index is 1120. The van der Waals surface area contributed by atoms with Crippen LogP contribution < -0.4 is 0 Å². The molecule has 0 bridgehead atoms. The van der Waals surface area contributed by atoms with Crippen LogP contribution in [0.5, 0.6) is 0 Å².